The van der Waals surface area contributed by atoms with Gasteiger partial charge in [0.15, 0.2) is 0 Å². The van der Waals surface area contributed by atoms with Gasteiger partial charge in [0.05, 0.1) is 12.1 Å². The van der Waals surface area contributed by atoms with Crippen LogP contribution >= 0.6 is 11.6 Å². The molecular weight excluding hydrogens is 302 g/mol. The highest BCUT2D eigenvalue weighted by atomic mass is 35.5. The number of fused-ring (bicyclic) bond motifs is 1. The monoisotopic (exact) mass is 317 g/mol. The summed E-state index contributed by atoms with van der Waals surface area (Å²) in [7, 11) is 0. The molecule has 2 N–H and O–H groups in total. The predicted octanol–water partition coefficient (Wildman–Crippen LogP) is 2.89. The summed E-state index contributed by atoms with van der Waals surface area (Å²) in [5, 5.41) is 10.9. The first-order chi connectivity index (χ1) is 10.4. The van der Waals surface area contributed by atoms with Crippen LogP contribution in [0.4, 0.5) is 11.6 Å². The highest BCUT2D eigenvalue weighted by Gasteiger charge is 2.22. The molecule has 22 heavy (non-hydrogen) atoms. The summed E-state index contributed by atoms with van der Waals surface area (Å²) in [5.41, 5.74) is 3.06. The SMILES string of the molecule is CC1=C(C(=O)Nc2cc(Cl)ccc2C)Cn2nc(C)nc2N1. The molecule has 2 aromatic rings. The first kappa shape index (κ1) is 14.6. The van der Waals surface area contributed by atoms with Crippen molar-refractivity contribution in [1.29, 1.82) is 0 Å². The molecule has 1 amide bonds. The number of rotatable bonds is 2. The van der Waals surface area contributed by atoms with Gasteiger partial charge in [-0.2, -0.15) is 10.1 Å². The number of benzene rings is 1. The van der Waals surface area contributed by atoms with Crippen LogP contribution in [0.1, 0.15) is 18.3 Å². The molecule has 0 bridgehead atoms. The second kappa shape index (κ2) is 5.46. The van der Waals surface area contributed by atoms with E-state index in [2.05, 4.69) is 20.7 Å². The van der Waals surface area contributed by atoms with Crippen molar-refractivity contribution in [3.05, 3.63) is 45.9 Å². The lowest BCUT2D eigenvalue weighted by Crippen LogP contribution is -2.26. The van der Waals surface area contributed by atoms with Gasteiger partial charge in [-0.15, -0.1) is 0 Å². The van der Waals surface area contributed by atoms with E-state index in [1.54, 1.807) is 16.8 Å². The van der Waals surface area contributed by atoms with E-state index < -0.39 is 0 Å². The van der Waals surface area contributed by atoms with E-state index in [0.29, 0.717) is 34.6 Å². The third-order valence-corrected chi connectivity index (χ3v) is 3.79. The minimum absolute atomic E-state index is 0.172. The van der Waals surface area contributed by atoms with E-state index in [9.17, 15) is 4.79 Å². The summed E-state index contributed by atoms with van der Waals surface area (Å²) < 4.78 is 1.68. The number of amides is 1. The number of carbonyl (C=O) groups excluding carboxylic acids is 1. The van der Waals surface area contributed by atoms with Crippen molar-refractivity contribution in [3.63, 3.8) is 0 Å². The van der Waals surface area contributed by atoms with Crippen molar-refractivity contribution in [2.24, 2.45) is 0 Å². The predicted molar refractivity (Wildman–Crippen MR) is 85.9 cm³/mol. The van der Waals surface area contributed by atoms with Crippen LogP contribution < -0.4 is 10.6 Å². The lowest BCUT2D eigenvalue weighted by atomic mass is 10.1. The number of allylic oxidation sites excluding steroid dienone is 1. The topological polar surface area (TPSA) is 71.8 Å². The van der Waals surface area contributed by atoms with E-state index in [1.165, 1.54) is 0 Å². The average molecular weight is 318 g/mol. The van der Waals surface area contributed by atoms with Gasteiger partial charge in [-0.1, -0.05) is 17.7 Å². The highest BCUT2D eigenvalue weighted by molar-refractivity contribution is 6.31. The number of aromatic nitrogens is 3. The number of hydrogen-bond donors (Lipinski definition) is 2. The maximum Gasteiger partial charge on any atom is 0.255 e. The zero-order chi connectivity index (χ0) is 15.9. The van der Waals surface area contributed by atoms with Crippen LogP contribution in [0.25, 0.3) is 0 Å². The molecule has 1 aliphatic heterocycles. The number of anilines is 2. The Morgan fingerprint density at radius 1 is 1.36 bits per heavy atom. The molecule has 0 radical (unpaired) electrons. The second-order valence-corrected chi connectivity index (χ2v) is 5.72. The molecule has 7 heteroatoms. The summed E-state index contributed by atoms with van der Waals surface area (Å²) in [4.78, 5) is 16.8. The molecule has 1 aromatic carbocycles. The van der Waals surface area contributed by atoms with Crippen LogP contribution in [-0.4, -0.2) is 20.7 Å². The van der Waals surface area contributed by atoms with Crippen LogP contribution in [0.5, 0.6) is 0 Å². The van der Waals surface area contributed by atoms with E-state index in [1.807, 2.05) is 26.8 Å². The van der Waals surface area contributed by atoms with Crippen molar-refractivity contribution < 1.29 is 4.79 Å². The number of aryl methyl sites for hydroxylation is 2. The lowest BCUT2D eigenvalue weighted by Gasteiger charge is -2.20. The number of nitrogens with one attached hydrogen (secondary N) is 2. The Kier molecular flexibility index (Phi) is 3.62. The van der Waals surface area contributed by atoms with Gasteiger partial charge in [0, 0.05) is 16.4 Å². The van der Waals surface area contributed by atoms with Crippen LogP contribution in [0.15, 0.2) is 29.5 Å². The van der Waals surface area contributed by atoms with Crippen molar-refractivity contribution in [1.82, 2.24) is 14.8 Å². The third-order valence-electron chi connectivity index (χ3n) is 3.56. The van der Waals surface area contributed by atoms with Gasteiger partial charge in [0.25, 0.3) is 5.91 Å². The van der Waals surface area contributed by atoms with Crippen molar-refractivity contribution in [2.75, 3.05) is 10.6 Å². The van der Waals surface area contributed by atoms with E-state index in [-0.39, 0.29) is 5.91 Å². The standard InChI is InChI=1S/C15H16ClN5O/c1-8-4-5-11(16)6-13(8)19-14(22)12-7-21-15(17-9(12)2)18-10(3)20-21/h4-6H,7H2,1-3H3,(H,19,22)(H,17,18,20). The van der Waals surface area contributed by atoms with Gasteiger partial charge in [0.1, 0.15) is 5.82 Å². The third kappa shape index (κ3) is 2.69. The Hall–Kier alpha value is -2.34. The van der Waals surface area contributed by atoms with Crippen LogP contribution in [0, 0.1) is 13.8 Å². The van der Waals surface area contributed by atoms with Gasteiger partial charge < -0.3 is 10.6 Å². The Balaban J connectivity index is 1.84. The van der Waals surface area contributed by atoms with Crippen molar-refractivity contribution >= 4 is 29.1 Å². The van der Waals surface area contributed by atoms with Crippen LogP contribution in [0.2, 0.25) is 5.02 Å². The zero-order valence-corrected chi connectivity index (χ0v) is 13.3. The molecule has 1 aliphatic rings. The Morgan fingerprint density at radius 2 is 2.14 bits per heavy atom. The Bertz CT molecular complexity index is 793. The number of hydrogen-bond acceptors (Lipinski definition) is 4. The first-order valence-electron chi connectivity index (χ1n) is 6.90. The van der Waals surface area contributed by atoms with Crippen molar-refractivity contribution in [2.45, 2.75) is 27.3 Å². The fourth-order valence-electron chi connectivity index (χ4n) is 2.34. The van der Waals surface area contributed by atoms with Crippen LogP contribution in [-0.2, 0) is 11.3 Å². The van der Waals surface area contributed by atoms with E-state index >= 15 is 0 Å². The Labute approximate surface area is 133 Å². The molecule has 6 nitrogen and oxygen atoms in total. The van der Waals surface area contributed by atoms with Crippen LogP contribution in [0.3, 0.4) is 0 Å². The lowest BCUT2D eigenvalue weighted by molar-refractivity contribution is -0.113. The number of halogens is 1. The van der Waals surface area contributed by atoms with Crippen molar-refractivity contribution in [3.8, 4) is 0 Å². The normalized spacial score (nSPS) is 13.6. The van der Waals surface area contributed by atoms with Gasteiger partial charge in [-0.05, 0) is 38.5 Å². The molecule has 0 aliphatic carbocycles. The van der Waals surface area contributed by atoms with E-state index in [4.69, 9.17) is 11.6 Å². The van der Waals surface area contributed by atoms with Gasteiger partial charge in [0.2, 0.25) is 5.95 Å². The summed E-state index contributed by atoms with van der Waals surface area (Å²) in [6, 6.07) is 5.41. The average Bonchev–Trinajstić information content (AvgIpc) is 2.81. The Morgan fingerprint density at radius 3 is 2.91 bits per heavy atom. The summed E-state index contributed by atoms with van der Waals surface area (Å²) >= 11 is 5.99. The van der Waals surface area contributed by atoms with Gasteiger partial charge in [-0.25, -0.2) is 4.68 Å². The molecule has 3 rings (SSSR count). The first-order valence-corrected chi connectivity index (χ1v) is 7.27. The smallest absolute Gasteiger partial charge is 0.255 e. The fourth-order valence-corrected chi connectivity index (χ4v) is 2.51. The summed E-state index contributed by atoms with van der Waals surface area (Å²) in [6.45, 7) is 5.98. The maximum atomic E-state index is 12.5. The molecule has 1 aromatic heterocycles. The molecular formula is C15H16ClN5O. The molecule has 0 saturated heterocycles. The quantitative estimate of drug-likeness (QED) is 0.893. The molecule has 2 heterocycles. The minimum atomic E-state index is -0.172. The largest absolute Gasteiger partial charge is 0.328 e. The zero-order valence-electron chi connectivity index (χ0n) is 12.6. The molecule has 0 unspecified atom stereocenters. The highest BCUT2D eigenvalue weighted by Crippen LogP contribution is 2.24. The number of carbonyl (C=O) groups is 1. The second-order valence-electron chi connectivity index (χ2n) is 5.28. The molecule has 0 saturated carbocycles. The minimum Gasteiger partial charge on any atom is -0.328 e. The maximum absolute atomic E-state index is 12.5. The molecule has 0 spiro atoms. The molecule has 114 valence electrons. The van der Waals surface area contributed by atoms with E-state index in [0.717, 1.165) is 11.3 Å². The fraction of sp³-hybridized carbons (Fsp3) is 0.267. The molecule has 0 atom stereocenters. The summed E-state index contributed by atoms with van der Waals surface area (Å²) in [5.74, 6) is 1.15. The number of nitrogens with zero attached hydrogens (tertiary/aromatic N) is 3. The molecule has 0 fully saturated rings. The summed E-state index contributed by atoms with van der Waals surface area (Å²) in [6.07, 6.45) is 0. The van der Waals surface area contributed by atoms with Gasteiger partial charge >= 0.3 is 0 Å². The van der Waals surface area contributed by atoms with Gasteiger partial charge in [-0.3, -0.25) is 4.79 Å².